The number of aryl methyl sites for hydroxylation is 3. The Bertz CT molecular complexity index is 1260. The van der Waals surface area contributed by atoms with Gasteiger partial charge in [0.1, 0.15) is 51.6 Å². The first-order valence-corrected chi connectivity index (χ1v) is 15.3. The average molecular weight is 774 g/mol. The number of nitrogens with zero attached hydrogens (tertiary/aromatic N) is 3. The van der Waals surface area contributed by atoms with E-state index in [1.54, 1.807) is 20.8 Å². The summed E-state index contributed by atoms with van der Waals surface area (Å²) in [5.74, 6) is 0. The van der Waals surface area contributed by atoms with Gasteiger partial charge in [-0.15, -0.1) is 0 Å². The second-order valence-corrected chi connectivity index (χ2v) is 10.3. The predicted octanol–water partition coefficient (Wildman–Crippen LogP) is 4.86. The largest absolute Gasteiger partial charge is 3.00 e. The van der Waals surface area contributed by atoms with Crippen LogP contribution in [0.5, 0.6) is 0 Å². The molecule has 3 aromatic carbocycles. The van der Waals surface area contributed by atoms with Crippen LogP contribution >= 0.6 is 0 Å². The summed E-state index contributed by atoms with van der Waals surface area (Å²) in [6, 6.07) is 23.1. The fourth-order valence-electron chi connectivity index (χ4n) is 3.06. The summed E-state index contributed by atoms with van der Waals surface area (Å²) in [6.45, 7) is 12.5. The summed E-state index contributed by atoms with van der Waals surface area (Å²) < 4.78 is 14.4. The van der Waals surface area contributed by atoms with Crippen LogP contribution in [0.3, 0.4) is 0 Å². The van der Waals surface area contributed by atoms with Crippen LogP contribution in [-0.2, 0) is 70.3 Å². The Morgan fingerprint density at radius 2 is 0.674 bits per heavy atom. The van der Waals surface area contributed by atoms with E-state index in [9.17, 15) is 14.4 Å². The summed E-state index contributed by atoms with van der Waals surface area (Å²) in [5.41, 5.74) is 6.02. The molecule has 0 spiro atoms. The molecule has 0 aliphatic rings. The van der Waals surface area contributed by atoms with Gasteiger partial charge in [0, 0.05) is 16.7 Å². The first kappa shape index (κ1) is 42.4. The molecule has 0 aliphatic carbocycles. The van der Waals surface area contributed by atoms with Gasteiger partial charge in [-0.2, -0.15) is 0 Å². The molecule has 13 heteroatoms. The minimum atomic E-state index is -0.358. The van der Waals surface area contributed by atoms with E-state index in [1.165, 1.54) is 0 Å². The molecule has 0 aliphatic heterocycles. The molecular weight excluding hydrogens is 732 g/mol. The van der Waals surface area contributed by atoms with Gasteiger partial charge in [0.05, 0.1) is 0 Å². The third kappa shape index (κ3) is 17.7. The maximum absolute atomic E-state index is 9.19. The van der Waals surface area contributed by atoms with Crippen molar-refractivity contribution in [2.24, 2.45) is 0 Å². The third-order valence-electron chi connectivity index (χ3n) is 5.35. The zero-order valence-electron chi connectivity index (χ0n) is 26.7. The van der Waals surface area contributed by atoms with Crippen LogP contribution in [0.4, 0.5) is 0 Å². The van der Waals surface area contributed by atoms with Gasteiger partial charge in [-0.3, -0.25) is 0 Å². The summed E-state index contributed by atoms with van der Waals surface area (Å²) in [4.78, 5) is 28.9. The van der Waals surface area contributed by atoms with E-state index in [-0.39, 0.29) is 37.8 Å². The van der Waals surface area contributed by atoms with Crippen LogP contribution < -0.4 is 0 Å². The van der Waals surface area contributed by atoms with E-state index >= 15 is 0 Å². The number of benzene rings is 3. The van der Waals surface area contributed by atoms with Crippen LogP contribution in [0.25, 0.3) is 16.0 Å². The zero-order chi connectivity index (χ0) is 33.8. The Morgan fingerprint density at radius 1 is 0.478 bits per heavy atom. The van der Waals surface area contributed by atoms with Gasteiger partial charge in [-0.05, 0) is 41.5 Å². The van der Waals surface area contributed by atoms with Crippen molar-refractivity contribution in [3.05, 3.63) is 122 Å². The van der Waals surface area contributed by atoms with Crippen molar-refractivity contribution in [3.63, 3.8) is 0 Å². The average Bonchev–Trinajstić information content (AvgIpc) is 2.99. The molecule has 0 heterocycles. The van der Waals surface area contributed by atoms with E-state index in [4.69, 9.17) is 14.2 Å². The van der Waals surface area contributed by atoms with Crippen LogP contribution in [-0.4, -0.2) is 67.4 Å². The molecule has 3 N–H and O–H groups in total. The van der Waals surface area contributed by atoms with Crippen molar-refractivity contribution < 1.29 is 48.1 Å². The monoisotopic (exact) mass is 774 g/mol. The zero-order valence-corrected chi connectivity index (χ0v) is 31.1. The number of rotatable bonds is 6. The standard InChI is InChI=1S/3C11H13NO2S.Ru/c3*1-3-14-11(13)12-10(15)9-6-4-8(2)5-7-9;/h3*4-7H,3H2,1-2H3,(H,12,13,15);/q;;;+3/p+3. The number of thiol groups is 3. The van der Waals surface area contributed by atoms with Crippen LogP contribution in [0, 0.1) is 20.8 Å². The van der Waals surface area contributed by atoms with Gasteiger partial charge >= 0.3 is 37.8 Å². The molecule has 245 valence electrons. The number of carbonyl (C=O) groups excluding carboxylic acids is 3. The summed E-state index contributed by atoms with van der Waals surface area (Å²) in [7, 11) is 0. The molecule has 0 fully saturated rings. The van der Waals surface area contributed by atoms with Crippen molar-refractivity contribution in [1.82, 2.24) is 0 Å². The Labute approximate surface area is 299 Å². The van der Waals surface area contributed by atoms with E-state index in [2.05, 4.69) is 52.6 Å². The van der Waals surface area contributed by atoms with Crippen LogP contribution in [0.2, 0.25) is 0 Å². The molecular formula is C33H42N3O6RuS3+6. The second kappa shape index (κ2) is 23.7. The van der Waals surface area contributed by atoms with E-state index in [0.717, 1.165) is 33.4 Å². The molecule has 46 heavy (non-hydrogen) atoms. The van der Waals surface area contributed by atoms with Gasteiger partial charge in [-0.25, -0.2) is 0 Å². The SMILES string of the molecule is CCOC(=[OH+])[N-]C(=[SH+])c1ccc(C)cc1.CCOC(=[OH+])[N-]C(=[SH+])c1ccc(C)cc1.CCOC(=[OH+])[N-]C(=[SH+])c1ccc(C)cc1.[Ru+3]. The predicted molar refractivity (Wildman–Crippen MR) is 198 cm³/mol. The van der Waals surface area contributed by atoms with Gasteiger partial charge < -0.3 is 44.5 Å². The van der Waals surface area contributed by atoms with E-state index in [1.807, 2.05) is 93.6 Å². The normalized spacial score (nSPS) is 9.26. The van der Waals surface area contributed by atoms with Crippen molar-refractivity contribution in [3.8, 4) is 0 Å². The first-order chi connectivity index (χ1) is 21.4. The van der Waals surface area contributed by atoms with Gasteiger partial charge in [0.15, 0.2) is 19.8 Å². The molecule has 0 saturated carbocycles. The molecule has 0 atom stereocenters. The number of amides is 3. The summed E-state index contributed by atoms with van der Waals surface area (Å²) in [5, 5.41) is 11.4. The molecule has 0 aromatic heterocycles. The fraction of sp³-hybridized carbons (Fsp3) is 0.273. The molecule has 3 aromatic rings. The smallest absolute Gasteiger partial charge is 0.487 e. The minimum absolute atomic E-state index is 0. The van der Waals surface area contributed by atoms with Crippen molar-refractivity contribution in [2.75, 3.05) is 19.8 Å². The second-order valence-electron chi connectivity index (χ2n) is 9.05. The maximum Gasteiger partial charge on any atom is 3.00 e. The van der Waals surface area contributed by atoms with Crippen LogP contribution in [0.1, 0.15) is 54.2 Å². The summed E-state index contributed by atoms with van der Waals surface area (Å²) >= 11 is 12.5. The molecule has 0 bridgehead atoms. The molecule has 3 rings (SSSR count). The third-order valence-corrected chi connectivity index (χ3v) is 6.43. The van der Waals surface area contributed by atoms with E-state index < -0.39 is 0 Å². The van der Waals surface area contributed by atoms with Crippen LogP contribution in [0.15, 0.2) is 72.8 Å². The molecule has 9 nitrogen and oxygen atoms in total. The van der Waals surface area contributed by atoms with E-state index in [0.29, 0.717) is 34.8 Å². The Balaban J connectivity index is 0.000000653. The van der Waals surface area contributed by atoms with Gasteiger partial charge in [0.25, 0.3) is 0 Å². The first-order valence-electron chi connectivity index (χ1n) is 14.0. The Morgan fingerprint density at radius 3 is 0.848 bits per heavy atom. The van der Waals surface area contributed by atoms with Gasteiger partial charge in [0.2, 0.25) is 0 Å². The summed E-state index contributed by atoms with van der Waals surface area (Å²) in [6.07, 6.45) is -1.07. The molecule has 0 saturated heterocycles. The molecule has 3 amide bonds. The Kier molecular flexibility index (Phi) is 21.8. The fourth-order valence-corrected chi connectivity index (χ4v) is 3.76. The number of hydrogen-bond acceptors (Lipinski definition) is 3. The quantitative estimate of drug-likeness (QED) is 0.116. The van der Waals surface area contributed by atoms with Crippen molar-refractivity contribution in [1.29, 1.82) is 0 Å². The topological polar surface area (TPSA) is 134 Å². The minimum Gasteiger partial charge on any atom is -0.487 e. The number of hydrogen-bond donors (Lipinski definition) is 0. The molecule has 0 unspecified atom stereocenters. The van der Waals surface area contributed by atoms with Crippen molar-refractivity contribution >= 4 is 69.9 Å². The Hall–Kier alpha value is -3.64. The molecule has 1 radical (unpaired) electrons. The van der Waals surface area contributed by atoms with Crippen molar-refractivity contribution in [2.45, 2.75) is 41.5 Å². The maximum atomic E-state index is 9.19. The van der Waals surface area contributed by atoms with Gasteiger partial charge in [-0.1, -0.05) is 89.5 Å². The number of ether oxygens (including phenoxy) is 3.